The SMILES string of the molecule is CCC[C@H]1CC[C@H](C(F)Cc2c(C(=O)O)cccc2-c2cc(F)c(F)c(F)c2)C(F)C1. The van der Waals surface area contributed by atoms with Crippen molar-refractivity contribution in [2.24, 2.45) is 11.8 Å². The van der Waals surface area contributed by atoms with Crippen LogP contribution in [0.15, 0.2) is 30.3 Å². The molecule has 0 heterocycles. The van der Waals surface area contributed by atoms with Gasteiger partial charge in [-0.05, 0) is 60.1 Å². The Morgan fingerprint density at radius 2 is 1.84 bits per heavy atom. The van der Waals surface area contributed by atoms with Crippen LogP contribution in [0.5, 0.6) is 0 Å². The highest BCUT2D eigenvalue weighted by Crippen LogP contribution is 2.39. The molecule has 2 nitrogen and oxygen atoms in total. The van der Waals surface area contributed by atoms with Gasteiger partial charge in [0.15, 0.2) is 17.5 Å². The van der Waals surface area contributed by atoms with Gasteiger partial charge in [-0.1, -0.05) is 31.9 Å². The van der Waals surface area contributed by atoms with E-state index in [-0.39, 0.29) is 34.6 Å². The molecule has 1 aliphatic carbocycles. The number of halogens is 5. The molecule has 4 atom stereocenters. The summed E-state index contributed by atoms with van der Waals surface area (Å²) in [6.07, 6.45) is -0.242. The van der Waals surface area contributed by atoms with Crippen LogP contribution in [0.2, 0.25) is 0 Å². The lowest BCUT2D eigenvalue weighted by Crippen LogP contribution is -2.34. The van der Waals surface area contributed by atoms with E-state index in [2.05, 4.69) is 0 Å². The van der Waals surface area contributed by atoms with E-state index < -0.39 is 48.1 Å². The van der Waals surface area contributed by atoms with Crippen molar-refractivity contribution in [1.29, 1.82) is 0 Å². The highest BCUT2D eigenvalue weighted by atomic mass is 19.2. The topological polar surface area (TPSA) is 37.3 Å². The smallest absolute Gasteiger partial charge is 0.335 e. The summed E-state index contributed by atoms with van der Waals surface area (Å²) >= 11 is 0. The van der Waals surface area contributed by atoms with Gasteiger partial charge in [-0.25, -0.2) is 26.7 Å². The van der Waals surface area contributed by atoms with E-state index in [1.54, 1.807) is 0 Å². The van der Waals surface area contributed by atoms with Gasteiger partial charge < -0.3 is 5.11 Å². The number of aromatic carboxylic acids is 1. The molecule has 2 aromatic rings. The van der Waals surface area contributed by atoms with E-state index in [0.717, 1.165) is 25.0 Å². The van der Waals surface area contributed by atoms with Crippen LogP contribution in [-0.4, -0.2) is 23.4 Å². The third-order valence-corrected chi connectivity index (χ3v) is 6.19. The van der Waals surface area contributed by atoms with Gasteiger partial charge in [-0.3, -0.25) is 0 Å². The van der Waals surface area contributed by atoms with Crippen molar-refractivity contribution in [2.75, 3.05) is 0 Å². The molecule has 0 radical (unpaired) electrons. The lowest BCUT2D eigenvalue weighted by molar-refractivity contribution is 0.0596. The molecule has 31 heavy (non-hydrogen) atoms. The molecule has 168 valence electrons. The Balaban J connectivity index is 1.94. The fraction of sp³-hybridized carbons (Fsp3) is 0.458. The Morgan fingerprint density at radius 3 is 2.42 bits per heavy atom. The van der Waals surface area contributed by atoms with Gasteiger partial charge in [0.1, 0.15) is 12.3 Å². The first-order valence-electron chi connectivity index (χ1n) is 10.5. The van der Waals surface area contributed by atoms with Gasteiger partial charge >= 0.3 is 5.97 Å². The summed E-state index contributed by atoms with van der Waals surface area (Å²) in [7, 11) is 0. The Kier molecular flexibility index (Phi) is 7.34. The van der Waals surface area contributed by atoms with E-state index in [1.165, 1.54) is 18.2 Å². The van der Waals surface area contributed by atoms with E-state index >= 15 is 4.39 Å². The molecule has 0 aliphatic heterocycles. The molecule has 0 spiro atoms. The van der Waals surface area contributed by atoms with E-state index in [1.807, 2.05) is 6.92 Å². The number of carbonyl (C=O) groups is 1. The van der Waals surface area contributed by atoms with Crippen LogP contribution in [0.1, 0.15) is 54.9 Å². The third kappa shape index (κ3) is 5.08. The molecule has 0 bridgehead atoms. The molecular formula is C24H25F5O2. The molecule has 3 rings (SSSR count). The van der Waals surface area contributed by atoms with E-state index in [0.29, 0.717) is 12.8 Å². The van der Waals surface area contributed by atoms with Crippen molar-refractivity contribution < 1.29 is 31.9 Å². The monoisotopic (exact) mass is 440 g/mol. The molecule has 0 amide bonds. The van der Waals surface area contributed by atoms with Crippen LogP contribution in [0.3, 0.4) is 0 Å². The van der Waals surface area contributed by atoms with E-state index in [4.69, 9.17) is 0 Å². The summed E-state index contributed by atoms with van der Waals surface area (Å²) in [6, 6.07) is 5.50. The van der Waals surface area contributed by atoms with Gasteiger partial charge in [0.25, 0.3) is 0 Å². The van der Waals surface area contributed by atoms with Crippen LogP contribution in [-0.2, 0) is 6.42 Å². The maximum Gasteiger partial charge on any atom is 0.335 e. The van der Waals surface area contributed by atoms with Crippen molar-refractivity contribution in [3.8, 4) is 11.1 Å². The third-order valence-electron chi connectivity index (χ3n) is 6.19. The minimum atomic E-state index is -1.66. The summed E-state index contributed by atoms with van der Waals surface area (Å²) in [5.41, 5.74) is -0.253. The van der Waals surface area contributed by atoms with Crippen molar-refractivity contribution in [2.45, 2.75) is 57.8 Å². The average molecular weight is 440 g/mol. The number of hydrogen-bond donors (Lipinski definition) is 1. The van der Waals surface area contributed by atoms with Crippen molar-refractivity contribution >= 4 is 5.97 Å². The Morgan fingerprint density at radius 1 is 1.16 bits per heavy atom. The highest BCUT2D eigenvalue weighted by molar-refractivity contribution is 5.92. The van der Waals surface area contributed by atoms with E-state index in [9.17, 15) is 27.5 Å². The molecular weight excluding hydrogens is 415 g/mol. The van der Waals surface area contributed by atoms with Gasteiger partial charge in [0.05, 0.1) is 5.56 Å². The molecule has 1 fully saturated rings. The first-order valence-corrected chi connectivity index (χ1v) is 10.5. The number of benzene rings is 2. The second kappa shape index (κ2) is 9.79. The first-order chi connectivity index (χ1) is 14.7. The fourth-order valence-electron chi connectivity index (χ4n) is 4.63. The maximum atomic E-state index is 15.3. The fourth-order valence-corrected chi connectivity index (χ4v) is 4.63. The summed E-state index contributed by atoms with van der Waals surface area (Å²) < 4.78 is 70.9. The summed E-state index contributed by atoms with van der Waals surface area (Å²) in [4.78, 5) is 11.7. The van der Waals surface area contributed by atoms with Crippen LogP contribution < -0.4 is 0 Å². The van der Waals surface area contributed by atoms with Crippen molar-refractivity contribution in [3.05, 3.63) is 58.9 Å². The number of carboxylic acid groups (broad SMARTS) is 1. The van der Waals surface area contributed by atoms with Crippen LogP contribution in [0.25, 0.3) is 11.1 Å². The standard InChI is InChI=1S/C24H25F5O2/c1-2-4-13-7-8-17(19(25)9-13)20(26)12-18-15(5-3-6-16(18)24(30)31)14-10-21(27)23(29)22(28)11-14/h3,5-6,10-11,13,17,19-20H,2,4,7-9,12H2,1H3,(H,30,31)/t13-,17-,19?,20?/m0/s1. The summed E-state index contributed by atoms with van der Waals surface area (Å²) in [5, 5.41) is 9.55. The van der Waals surface area contributed by atoms with Crippen molar-refractivity contribution in [3.63, 3.8) is 0 Å². The average Bonchev–Trinajstić information content (AvgIpc) is 2.71. The molecule has 1 N–H and O–H groups in total. The van der Waals surface area contributed by atoms with Gasteiger partial charge in [0.2, 0.25) is 0 Å². The molecule has 2 aromatic carbocycles. The second-order valence-corrected chi connectivity index (χ2v) is 8.26. The summed E-state index contributed by atoms with van der Waals surface area (Å²) in [5.74, 6) is -6.50. The second-order valence-electron chi connectivity index (χ2n) is 8.26. The van der Waals surface area contributed by atoms with Crippen LogP contribution >= 0.6 is 0 Å². The largest absolute Gasteiger partial charge is 0.478 e. The molecule has 0 saturated heterocycles. The lowest BCUT2D eigenvalue weighted by atomic mass is 9.75. The van der Waals surface area contributed by atoms with Crippen molar-refractivity contribution in [1.82, 2.24) is 0 Å². The molecule has 2 unspecified atom stereocenters. The minimum absolute atomic E-state index is 0.00999. The van der Waals surface area contributed by atoms with Gasteiger partial charge in [-0.2, -0.15) is 0 Å². The summed E-state index contributed by atoms with van der Waals surface area (Å²) in [6.45, 7) is 2.02. The minimum Gasteiger partial charge on any atom is -0.478 e. The number of alkyl halides is 2. The zero-order valence-corrected chi connectivity index (χ0v) is 17.2. The predicted molar refractivity (Wildman–Crippen MR) is 108 cm³/mol. The Hall–Kier alpha value is -2.44. The molecule has 7 heteroatoms. The molecule has 0 aromatic heterocycles. The van der Waals surface area contributed by atoms with Crippen LogP contribution in [0.4, 0.5) is 22.0 Å². The highest BCUT2D eigenvalue weighted by Gasteiger charge is 2.36. The Labute approximate surface area is 178 Å². The maximum absolute atomic E-state index is 15.3. The Bertz CT molecular complexity index is 923. The molecule has 1 saturated carbocycles. The first kappa shape index (κ1) is 23.2. The normalized spacial score (nSPS) is 22.3. The van der Waals surface area contributed by atoms with Crippen LogP contribution in [0, 0.1) is 29.3 Å². The number of hydrogen-bond acceptors (Lipinski definition) is 1. The lowest BCUT2D eigenvalue weighted by Gasteiger charge is -2.34. The van der Waals surface area contributed by atoms with Gasteiger partial charge in [0, 0.05) is 12.3 Å². The number of carboxylic acids is 1. The molecule has 1 aliphatic rings. The zero-order chi connectivity index (χ0) is 22.7. The van der Waals surface area contributed by atoms with Gasteiger partial charge in [-0.15, -0.1) is 0 Å². The zero-order valence-electron chi connectivity index (χ0n) is 17.2. The number of rotatable bonds is 7. The predicted octanol–water partition coefficient (Wildman–Crippen LogP) is 6.90. The quantitative estimate of drug-likeness (QED) is 0.375.